The number of amides is 1. The van der Waals surface area contributed by atoms with Gasteiger partial charge in [0.1, 0.15) is 23.7 Å². The van der Waals surface area contributed by atoms with Gasteiger partial charge in [0.2, 0.25) is 0 Å². The molecule has 26 heavy (non-hydrogen) atoms. The standard InChI is InChI=1S/C20H19N3O3/c24-11-14(10-13-6-2-1-3-7-13)21-20(25)19-16-12-26-17-9-5-4-8-15(17)18(16)22-23-19/h1-9,14,24H,10-12H2,(H,21,25)(H,22,23)/t14-/m0/s1. The first-order valence-electron chi connectivity index (χ1n) is 8.51. The minimum absolute atomic E-state index is 0.143. The molecule has 4 rings (SSSR count). The lowest BCUT2D eigenvalue weighted by Crippen LogP contribution is -2.39. The van der Waals surface area contributed by atoms with E-state index in [1.807, 2.05) is 54.6 Å². The third-order valence-electron chi connectivity index (χ3n) is 4.49. The van der Waals surface area contributed by atoms with Crippen LogP contribution in [-0.4, -0.2) is 33.9 Å². The number of ether oxygens (including phenoxy) is 1. The summed E-state index contributed by atoms with van der Waals surface area (Å²) in [6.07, 6.45) is 0.554. The number of H-pyrrole nitrogens is 1. The minimum atomic E-state index is -0.374. The van der Waals surface area contributed by atoms with Crippen LogP contribution >= 0.6 is 0 Å². The van der Waals surface area contributed by atoms with Gasteiger partial charge < -0.3 is 15.2 Å². The summed E-state index contributed by atoms with van der Waals surface area (Å²) >= 11 is 0. The van der Waals surface area contributed by atoms with Gasteiger partial charge in [-0.25, -0.2) is 0 Å². The fraction of sp³-hybridized carbons (Fsp3) is 0.200. The lowest BCUT2D eigenvalue weighted by Gasteiger charge is -2.19. The first kappa shape index (κ1) is 16.4. The monoisotopic (exact) mass is 349 g/mol. The van der Waals surface area contributed by atoms with Crippen molar-refractivity contribution in [2.24, 2.45) is 0 Å². The zero-order chi connectivity index (χ0) is 17.9. The number of rotatable bonds is 5. The van der Waals surface area contributed by atoms with Crippen LogP contribution in [0, 0.1) is 0 Å². The molecule has 0 spiro atoms. The molecular weight excluding hydrogens is 330 g/mol. The van der Waals surface area contributed by atoms with Crippen molar-refractivity contribution in [2.75, 3.05) is 6.61 Å². The number of hydrogen-bond acceptors (Lipinski definition) is 4. The fourth-order valence-electron chi connectivity index (χ4n) is 3.17. The van der Waals surface area contributed by atoms with Crippen molar-refractivity contribution in [3.63, 3.8) is 0 Å². The summed E-state index contributed by atoms with van der Waals surface area (Å²) in [5.41, 5.74) is 3.77. The number of hydrogen-bond donors (Lipinski definition) is 3. The highest BCUT2D eigenvalue weighted by molar-refractivity contribution is 5.96. The molecule has 3 N–H and O–H groups in total. The van der Waals surface area contributed by atoms with Crippen LogP contribution in [-0.2, 0) is 13.0 Å². The number of aromatic nitrogens is 2. The number of carbonyl (C=O) groups is 1. The van der Waals surface area contributed by atoms with Crippen LogP contribution in [0.1, 0.15) is 21.6 Å². The maximum Gasteiger partial charge on any atom is 0.270 e. The SMILES string of the molecule is O=C(N[C@H](CO)Cc1ccccc1)c1[nH]nc2c1COc1ccccc1-2. The van der Waals surface area contributed by atoms with Gasteiger partial charge in [0, 0.05) is 11.1 Å². The Morgan fingerprint density at radius 3 is 2.77 bits per heavy atom. The zero-order valence-corrected chi connectivity index (χ0v) is 14.1. The fourth-order valence-corrected chi connectivity index (χ4v) is 3.17. The number of nitrogens with one attached hydrogen (secondary N) is 2. The van der Waals surface area contributed by atoms with Crippen molar-refractivity contribution in [2.45, 2.75) is 19.1 Å². The zero-order valence-electron chi connectivity index (χ0n) is 14.1. The van der Waals surface area contributed by atoms with Gasteiger partial charge in [0.05, 0.1) is 12.6 Å². The van der Waals surface area contributed by atoms with Crippen molar-refractivity contribution in [1.82, 2.24) is 15.5 Å². The molecule has 1 aliphatic heterocycles. The van der Waals surface area contributed by atoms with Crippen molar-refractivity contribution >= 4 is 5.91 Å². The Balaban J connectivity index is 1.54. The van der Waals surface area contributed by atoms with Crippen LogP contribution in [0.15, 0.2) is 54.6 Å². The number of para-hydroxylation sites is 1. The lowest BCUT2D eigenvalue weighted by atomic mass is 10.0. The van der Waals surface area contributed by atoms with E-state index in [0.29, 0.717) is 12.1 Å². The maximum atomic E-state index is 12.7. The summed E-state index contributed by atoms with van der Waals surface area (Å²) in [5.74, 6) is 0.465. The summed E-state index contributed by atoms with van der Waals surface area (Å²) in [4.78, 5) is 12.7. The highest BCUT2D eigenvalue weighted by atomic mass is 16.5. The molecule has 132 valence electrons. The van der Waals surface area contributed by atoms with Crippen molar-refractivity contribution in [3.8, 4) is 17.0 Å². The molecular formula is C20H19N3O3. The largest absolute Gasteiger partial charge is 0.488 e. The van der Waals surface area contributed by atoms with E-state index in [1.54, 1.807) is 0 Å². The van der Waals surface area contributed by atoms with Gasteiger partial charge >= 0.3 is 0 Å². The molecule has 2 heterocycles. The van der Waals surface area contributed by atoms with Crippen molar-refractivity contribution in [1.29, 1.82) is 0 Å². The Bertz CT molecular complexity index is 921. The average molecular weight is 349 g/mol. The number of aromatic amines is 1. The summed E-state index contributed by atoms with van der Waals surface area (Å²) in [5, 5.41) is 19.6. The average Bonchev–Trinajstić information content (AvgIpc) is 3.13. The van der Waals surface area contributed by atoms with E-state index in [0.717, 1.165) is 28.1 Å². The molecule has 0 saturated carbocycles. The van der Waals surface area contributed by atoms with Crippen LogP contribution in [0.2, 0.25) is 0 Å². The molecule has 0 bridgehead atoms. The smallest absolute Gasteiger partial charge is 0.270 e. The van der Waals surface area contributed by atoms with Gasteiger partial charge in [-0.2, -0.15) is 5.10 Å². The Hall–Kier alpha value is -3.12. The van der Waals surface area contributed by atoms with Gasteiger partial charge in [-0.3, -0.25) is 9.89 Å². The molecule has 1 aromatic heterocycles. The first-order chi connectivity index (χ1) is 12.8. The Morgan fingerprint density at radius 1 is 1.19 bits per heavy atom. The predicted octanol–water partition coefficient (Wildman–Crippen LogP) is 2.30. The summed E-state index contributed by atoms with van der Waals surface area (Å²) in [7, 11) is 0. The number of aliphatic hydroxyl groups is 1. The summed E-state index contributed by atoms with van der Waals surface area (Å²) in [6, 6.07) is 17.0. The van der Waals surface area contributed by atoms with Crippen LogP contribution in [0.4, 0.5) is 0 Å². The molecule has 0 unspecified atom stereocenters. The molecule has 0 saturated heterocycles. The number of benzene rings is 2. The number of aliphatic hydroxyl groups excluding tert-OH is 1. The van der Waals surface area contributed by atoms with E-state index in [-0.39, 0.29) is 25.2 Å². The first-order valence-corrected chi connectivity index (χ1v) is 8.51. The van der Waals surface area contributed by atoms with E-state index in [2.05, 4.69) is 15.5 Å². The van der Waals surface area contributed by atoms with E-state index in [1.165, 1.54) is 0 Å². The maximum absolute atomic E-state index is 12.7. The molecule has 1 aliphatic rings. The second-order valence-electron chi connectivity index (χ2n) is 6.25. The van der Waals surface area contributed by atoms with Crippen molar-refractivity contribution in [3.05, 3.63) is 71.4 Å². The molecule has 0 radical (unpaired) electrons. The van der Waals surface area contributed by atoms with Gasteiger partial charge in [0.25, 0.3) is 5.91 Å². The van der Waals surface area contributed by atoms with Gasteiger partial charge in [-0.05, 0) is 24.1 Å². The number of nitrogens with zero attached hydrogens (tertiary/aromatic N) is 1. The van der Waals surface area contributed by atoms with E-state index >= 15 is 0 Å². The van der Waals surface area contributed by atoms with Crippen LogP contribution < -0.4 is 10.1 Å². The second kappa shape index (κ2) is 7.01. The third kappa shape index (κ3) is 3.07. The molecule has 1 amide bonds. The normalized spacial score (nSPS) is 13.3. The minimum Gasteiger partial charge on any atom is -0.488 e. The number of fused-ring (bicyclic) bond motifs is 3. The predicted molar refractivity (Wildman–Crippen MR) is 96.8 cm³/mol. The molecule has 0 aliphatic carbocycles. The highest BCUT2D eigenvalue weighted by Gasteiger charge is 2.27. The van der Waals surface area contributed by atoms with Gasteiger partial charge in [0.15, 0.2) is 0 Å². The quantitative estimate of drug-likeness (QED) is 0.660. The van der Waals surface area contributed by atoms with Crippen LogP contribution in [0.3, 0.4) is 0 Å². The van der Waals surface area contributed by atoms with E-state index < -0.39 is 0 Å². The van der Waals surface area contributed by atoms with Crippen LogP contribution in [0.5, 0.6) is 5.75 Å². The Labute approximate surface area is 150 Å². The summed E-state index contributed by atoms with van der Waals surface area (Å²) < 4.78 is 5.74. The third-order valence-corrected chi connectivity index (χ3v) is 4.49. The highest BCUT2D eigenvalue weighted by Crippen LogP contribution is 2.36. The molecule has 0 fully saturated rings. The molecule has 1 atom stereocenters. The van der Waals surface area contributed by atoms with E-state index in [9.17, 15) is 9.90 Å². The molecule has 6 heteroatoms. The van der Waals surface area contributed by atoms with Crippen molar-refractivity contribution < 1.29 is 14.6 Å². The molecule has 2 aromatic carbocycles. The molecule has 6 nitrogen and oxygen atoms in total. The Kier molecular flexibility index (Phi) is 4.41. The van der Waals surface area contributed by atoms with Gasteiger partial charge in [-0.1, -0.05) is 42.5 Å². The lowest BCUT2D eigenvalue weighted by molar-refractivity contribution is 0.0909. The second-order valence-corrected chi connectivity index (χ2v) is 6.25. The van der Waals surface area contributed by atoms with Gasteiger partial charge in [-0.15, -0.1) is 0 Å². The van der Waals surface area contributed by atoms with E-state index in [4.69, 9.17) is 4.74 Å². The topological polar surface area (TPSA) is 87.2 Å². The Morgan fingerprint density at radius 2 is 1.96 bits per heavy atom. The molecule has 3 aromatic rings. The number of carbonyl (C=O) groups excluding carboxylic acids is 1. The van der Waals surface area contributed by atoms with Crippen LogP contribution in [0.25, 0.3) is 11.3 Å². The summed E-state index contributed by atoms with van der Waals surface area (Å²) in [6.45, 7) is 0.143.